The highest BCUT2D eigenvalue weighted by Crippen LogP contribution is 2.13. The van der Waals surface area contributed by atoms with Crippen molar-refractivity contribution in [3.8, 4) is 0 Å². The van der Waals surface area contributed by atoms with Crippen molar-refractivity contribution in [2.24, 2.45) is 11.8 Å². The molecule has 0 rings (SSSR count). The molecule has 0 aromatic heterocycles. The highest BCUT2D eigenvalue weighted by atomic mass is 16.5. The van der Waals surface area contributed by atoms with E-state index in [1.54, 1.807) is 6.92 Å². The maximum absolute atomic E-state index is 11.5. The predicted molar refractivity (Wildman–Crippen MR) is 58.9 cm³/mol. The zero-order valence-corrected chi connectivity index (χ0v) is 9.54. The van der Waals surface area contributed by atoms with E-state index in [4.69, 9.17) is 4.74 Å². The summed E-state index contributed by atoms with van der Waals surface area (Å²) in [6.45, 7) is 12.0. The van der Waals surface area contributed by atoms with Crippen LogP contribution in [-0.2, 0) is 9.53 Å². The zero-order chi connectivity index (χ0) is 11.1. The summed E-state index contributed by atoms with van der Waals surface area (Å²) in [5.74, 6) is -0.0690. The SMILES string of the molecule is C=C(C)C(/C=C/C(C)C)C(=O)OCC. The maximum atomic E-state index is 11.5. The third-order valence-electron chi connectivity index (χ3n) is 1.76. The van der Waals surface area contributed by atoms with E-state index in [0.29, 0.717) is 12.5 Å². The number of carbonyl (C=O) groups excluding carboxylic acids is 1. The fourth-order valence-electron chi connectivity index (χ4n) is 1.01. The molecule has 0 N–H and O–H groups in total. The quantitative estimate of drug-likeness (QED) is 0.499. The third-order valence-corrected chi connectivity index (χ3v) is 1.76. The van der Waals surface area contributed by atoms with Crippen LogP contribution in [0.15, 0.2) is 24.3 Å². The molecule has 0 amide bonds. The molecule has 0 heterocycles. The standard InChI is InChI=1S/C12H20O2/c1-6-14-12(13)11(10(4)5)8-7-9(2)3/h7-9,11H,4,6H2,1-3,5H3/b8-7+. The minimum absolute atomic E-state index is 0.211. The van der Waals surface area contributed by atoms with Crippen LogP contribution in [-0.4, -0.2) is 12.6 Å². The molecule has 0 aromatic carbocycles. The van der Waals surface area contributed by atoms with Crippen LogP contribution in [0, 0.1) is 11.8 Å². The van der Waals surface area contributed by atoms with E-state index in [1.165, 1.54) is 0 Å². The largest absolute Gasteiger partial charge is 0.465 e. The van der Waals surface area contributed by atoms with Crippen LogP contribution >= 0.6 is 0 Å². The molecule has 2 heteroatoms. The molecule has 0 aliphatic carbocycles. The second-order valence-corrected chi connectivity index (χ2v) is 3.70. The van der Waals surface area contributed by atoms with Gasteiger partial charge in [0.2, 0.25) is 0 Å². The molecule has 14 heavy (non-hydrogen) atoms. The van der Waals surface area contributed by atoms with Crippen molar-refractivity contribution in [3.63, 3.8) is 0 Å². The van der Waals surface area contributed by atoms with Crippen LogP contribution in [0.5, 0.6) is 0 Å². The van der Waals surface area contributed by atoms with Gasteiger partial charge in [-0.3, -0.25) is 4.79 Å². The lowest BCUT2D eigenvalue weighted by atomic mass is 10.00. The highest BCUT2D eigenvalue weighted by molar-refractivity contribution is 5.77. The summed E-state index contributed by atoms with van der Waals surface area (Å²) in [7, 11) is 0. The molecule has 0 radical (unpaired) electrons. The fourth-order valence-corrected chi connectivity index (χ4v) is 1.01. The number of esters is 1. The molecule has 0 aromatic rings. The summed E-state index contributed by atoms with van der Waals surface area (Å²) in [5, 5.41) is 0. The Morgan fingerprint density at radius 1 is 1.43 bits per heavy atom. The normalized spacial score (nSPS) is 13.2. The summed E-state index contributed by atoms with van der Waals surface area (Å²) in [4.78, 5) is 11.5. The van der Waals surface area contributed by atoms with Gasteiger partial charge < -0.3 is 4.74 Å². The molecule has 0 fully saturated rings. The van der Waals surface area contributed by atoms with Crippen LogP contribution < -0.4 is 0 Å². The van der Waals surface area contributed by atoms with Crippen LogP contribution in [0.1, 0.15) is 27.7 Å². The first-order valence-corrected chi connectivity index (χ1v) is 4.99. The van der Waals surface area contributed by atoms with Gasteiger partial charge in [0.05, 0.1) is 12.5 Å². The van der Waals surface area contributed by atoms with Crippen LogP contribution in [0.3, 0.4) is 0 Å². The smallest absolute Gasteiger partial charge is 0.316 e. The Labute approximate surface area is 86.6 Å². The summed E-state index contributed by atoms with van der Waals surface area (Å²) < 4.78 is 4.95. The average molecular weight is 196 g/mol. The van der Waals surface area contributed by atoms with Gasteiger partial charge in [0.1, 0.15) is 0 Å². The van der Waals surface area contributed by atoms with Crippen molar-refractivity contribution in [1.29, 1.82) is 0 Å². The summed E-state index contributed by atoms with van der Waals surface area (Å²) >= 11 is 0. The van der Waals surface area contributed by atoms with Gasteiger partial charge in [-0.1, -0.05) is 38.2 Å². The second kappa shape index (κ2) is 6.41. The number of allylic oxidation sites excluding steroid dienone is 1. The van der Waals surface area contributed by atoms with Gasteiger partial charge in [-0.05, 0) is 19.8 Å². The Kier molecular flexibility index (Phi) is 5.93. The Hall–Kier alpha value is -1.05. The molecule has 0 aliphatic rings. The van der Waals surface area contributed by atoms with Gasteiger partial charge in [-0.25, -0.2) is 0 Å². The van der Waals surface area contributed by atoms with Gasteiger partial charge in [0.15, 0.2) is 0 Å². The average Bonchev–Trinajstić information content (AvgIpc) is 2.03. The zero-order valence-electron chi connectivity index (χ0n) is 9.54. The molecule has 1 unspecified atom stereocenters. The topological polar surface area (TPSA) is 26.3 Å². The molecular formula is C12H20O2. The lowest BCUT2D eigenvalue weighted by Crippen LogP contribution is -2.16. The Morgan fingerprint density at radius 2 is 2.00 bits per heavy atom. The van der Waals surface area contributed by atoms with Crippen LogP contribution in [0.2, 0.25) is 0 Å². The highest BCUT2D eigenvalue weighted by Gasteiger charge is 2.16. The first kappa shape index (κ1) is 12.9. The molecule has 1 atom stereocenters. The molecule has 0 aliphatic heterocycles. The number of rotatable bonds is 5. The molecule has 0 bridgehead atoms. The number of ether oxygens (including phenoxy) is 1. The van der Waals surface area contributed by atoms with E-state index in [0.717, 1.165) is 5.57 Å². The van der Waals surface area contributed by atoms with Crippen LogP contribution in [0.25, 0.3) is 0 Å². The van der Waals surface area contributed by atoms with Gasteiger partial charge in [-0.2, -0.15) is 0 Å². The Balaban J connectivity index is 4.44. The van der Waals surface area contributed by atoms with E-state index in [2.05, 4.69) is 20.4 Å². The van der Waals surface area contributed by atoms with E-state index in [9.17, 15) is 4.79 Å². The first-order chi connectivity index (χ1) is 6.49. The molecule has 0 saturated heterocycles. The fraction of sp³-hybridized carbons (Fsp3) is 0.583. The van der Waals surface area contributed by atoms with Gasteiger partial charge >= 0.3 is 5.97 Å². The monoisotopic (exact) mass is 196 g/mol. The minimum Gasteiger partial charge on any atom is -0.465 e. The van der Waals surface area contributed by atoms with Crippen molar-refractivity contribution in [2.75, 3.05) is 6.61 Å². The van der Waals surface area contributed by atoms with Gasteiger partial charge in [0.25, 0.3) is 0 Å². The summed E-state index contributed by atoms with van der Waals surface area (Å²) in [6, 6.07) is 0. The van der Waals surface area contributed by atoms with E-state index >= 15 is 0 Å². The molecular weight excluding hydrogens is 176 g/mol. The minimum atomic E-state index is -0.294. The molecule has 0 spiro atoms. The van der Waals surface area contributed by atoms with Crippen molar-refractivity contribution < 1.29 is 9.53 Å². The first-order valence-electron chi connectivity index (χ1n) is 4.99. The molecule has 80 valence electrons. The molecule has 0 saturated carbocycles. The van der Waals surface area contributed by atoms with Crippen molar-refractivity contribution in [2.45, 2.75) is 27.7 Å². The summed E-state index contributed by atoms with van der Waals surface area (Å²) in [5.41, 5.74) is 0.820. The van der Waals surface area contributed by atoms with Gasteiger partial charge in [-0.15, -0.1) is 0 Å². The number of carbonyl (C=O) groups is 1. The van der Waals surface area contributed by atoms with Crippen molar-refractivity contribution in [1.82, 2.24) is 0 Å². The number of hydrogen-bond donors (Lipinski definition) is 0. The van der Waals surface area contributed by atoms with Gasteiger partial charge in [0, 0.05) is 0 Å². The Bertz CT molecular complexity index is 226. The number of hydrogen-bond acceptors (Lipinski definition) is 2. The van der Waals surface area contributed by atoms with Crippen molar-refractivity contribution >= 4 is 5.97 Å². The van der Waals surface area contributed by atoms with Crippen molar-refractivity contribution in [3.05, 3.63) is 24.3 Å². The molecule has 2 nitrogen and oxygen atoms in total. The van der Waals surface area contributed by atoms with E-state index in [1.807, 2.05) is 19.1 Å². The summed E-state index contributed by atoms with van der Waals surface area (Å²) in [6.07, 6.45) is 3.86. The predicted octanol–water partition coefficient (Wildman–Crippen LogP) is 2.95. The van der Waals surface area contributed by atoms with E-state index in [-0.39, 0.29) is 11.9 Å². The lowest BCUT2D eigenvalue weighted by molar-refractivity contribution is -0.145. The third kappa shape index (κ3) is 4.85. The lowest BCUT2D eigenvalue weighted by Gasteiger charge is -2.11. The Morgan fingerprint density at radius 3 is 2.36 bits per heavy atom. The van der Waals surface area contributed by atoms with Crippen LogP contribution in [0.4, 0.5) is 0 Å². The van der Waals surface area contributed by atoms with E-state index < -0.39 is 0 Å². The maximum Gasteiger partial charge on any atom is 0.316 e. The second-order valence-electron chi connectivity index (χ2n) is 3.70.